The molecule has 1 aromatic rings. The molecule has 0 spiro atoms. The van der Waals surface area contributed by atoms with E-state index in [0.717, 1.165) is 13.0 Å². The summed E-state index contributed by atoms with van der Waals surface area (Å²) in [6.45, 7) is 12.2. The molecule has 0 heterocycles. The molecule has 3 heteroatoms. The van der Waals surface area contributed by atoms with Crippen molar-refractivity contribution >= 4 is 8.32 Å². The highest BCUT2D eigenvalue weighted by Crippen LogP contribution is 2.36. The average Bonchev–Trinajstić information content (AvgIpc) is 2.33. The summed E-state index contributed by atoms with van der Waals surface area (Å²) >= 11 is -0.148. The molecule has 0 aliphatic carbocycles. The zero-order valence-electron chi connectivity index (χ0n) is 12.6. The Labute approximate surface area is 129 Å². The summed E-state index contributed by atoms with van der Waals surface area (Å²) in [5, 5.41) is 0.289. The third kappa shape index (κ3) is 6.11. The molecule has 19 heavy (non-hydrogen) atoms. The second-order valence-corrected chi connectivity index (χ2v) is 13.2. The molecule has 0 aliphatic rings. The summed E-state index contributed by atoms with van der Waals surface area (Å²) in [4.78, 5) is 0. The van der Waals surface area contributed by atoms with Crippen LogP contribution in [0.25, 0.3) is 0 Å². The molecule has 0 aromatic heterocycles. The fourth-order valence-electron chi connectivity index (χ4n) is 1.19. The van der Waals surface area contributed by atoms with Crippen molar-refractivity contribution in [3.63, 3.8) is 0 Å². The van der Waals surface area contributed by atoms with Gasteiger partial charge in [-0.15, -0.1) is 0 Å². The largest absolute Gasteiger partial charge is 0.419 e. The smallest absolute Gasteiger partial charge is 0.416 e. The third-order valence-electron chi connectivity index (χ3n) is 3.45. The monoisotopic (exact) mass is 387 g/mol. The van der Waals surface area contributed by atoms with Crippen molar-refractivity contribution in [3.8, 4) is 9.85 Å². The van der Waals surface area contributed by atoms with Gasteiger partial charge in [-0.25, -0.2) is 0 Å². The van der Waals surface area contributed by atoms with Crippen LogP contribution >= 0.6 is 0 Å². The van der Waals surface area contributed by atoms with Gasteiger partial charge < -0.3 is 4.43 Å². The van der Waals surface area contributed by atoms with Gasteiger partial charge in [-0.3, -0.25) is 0 Å². The lowest BCUT2D eigenvalue weighted by Gasteiger charge is -2.35. The van der Waals surface area contributed by atoms with E-state index in [0.29, 0.717) is 0 Å². The first-order valence-electron chi connectivity index (χ1n) is 6.64. The van der Waals surface area contributed by atoms with Gasteiger partial charge in [0.2, 0.25) is 3.57 Å². The van der Waals surface area contributed by atoms with Crippen LogP contribution in [0.2, 0.25) is 18.1 Å². The molecule has 0 saturated carbocycles. The summed E-state index contributed by atoms with van der Waals surface area (Å²) in [6.07, 6.45) is 0.860. The van der Waals surface area contributed by atoms with Crippen molar-refractivity contribution in [3.05, 3.63) is 33.9 Å². The Hall–Kier alpha value is -0.313. The third-order valence-corrected chi connectivity index (χ3v) is 9.98. The summed E-state index contributed by atoms with van der Waals surface area (Å²) in [5.74, 6) is 3.25. The van der Waals surface area contributed by atoms with Gasteiger partial charge in [0.05, 0.1) is 0 Å². The number of benzene rings is 1. The molecule has 0 unspecified atom stereocenters. The van der Waals surface area contributed by atoms with Crippen LogP contribution in [0.15, 0.2) is 30.3 Å². The minimum atomic E-state index is -1.59. The molecular formula is C16H24IOSi+. The van der Waals surface area contributed by atoms with Crippen LogP contribution in [0.4, 0.5) is 0 Å². The highest BCUT2D eigenvalue weighted by Gasteiger charge is 2.36. The molecule has 1 nitrogen and oxygen atoms in total. The zero-order valence-corrected chi connectivity index (χ0v) is 15.7. The van der Waals surface area contributed by atoms with Crippen molar-refractivity contribution in [2.45, 2.75) is 45.3 Å². The van der Waals surface area contributed by atoms with Crippen LogP contribution in [0.5, 0.6) is 0 Å². The predicted octanol–water partition coefficient (Wildman–Crippen LogP) is 1.32. The molecule has 0 N–H and O–H groups in total. The van der Waals surface area contributed by atoms with Gasteiger partial charge >= 0.3 is 21.2 Å². The van der Waals surface area contributed by atoms with Gasteiger partial charge in [0.25, 0.3) is 0 Å². The molecule has 0 amide bonds. The summed E-state index contributed by atoms with van der Waals surface area (Å²) < 4.78 is 10.8. The van der Waals surface area contributed by atoms with Crippen LogP contribution in [-0.4, -0.2) is 14.9 Å². The van der Waals surface area contributed by atoms with Crippen LogP contribution in [-0.2, 0) is 4.43 Å². The maximum absolute atomic E-state index is 6.09. The summed E-state index contributed by atoms with van der Waals surface area (Å²) in [5.41, 5.74) is 0. The van der Waals surface area contributed by atoms with Gasteiger partial charge in [-0.2, -0.15) is 0 Å². The SMILES string of the molecule is CC(C)(C)[Si](C)(C)OCCC#C[I+]c1ccccc1. The lowest BCUT2D eigenvalue weighted by molar-refractivity contribution is -0.535. The van der Waals surface area contributed by atoms with Crippen molar-refractivity contribution in [2.24, 2.45) is 0 Å². The highest BCUT2D eigenvalue weighted by atomic mass is 127. The second kappa shape index (κ2) is 7.46. The van der Waals surface area contributed by atoms with Crippen molar-refractivity contribution in [1.29, 1.82) is 0 Å². The molecule has 0 bridgehead atoms. The van der Waals surface area contributed by atoms with Crippen LogP contribution < -0.4 is 21.2 Å². The lowest BCUT2D eigenvalue weighted by atomic mass is 10.2. The topological polar surface area (TPSA) is 9.23 Å². The first-order chi connectivity index (χ1) is 8.83. The number of hydrogen-bond acceptors (Lipinski definition) is 1. The summed E-state index contributed by atoms with van der Waals surface area (Å²) in [7, 11) is -1.59. The predicted molar refractivity (Wildman–Crippen MR) is 80.7 cm³/mol. The molecule has 0 aliphatic heterocycles. The van der Waals surface area contributed by atoms with E-state index < -0.39 is 8.32 Å². The van der Waals surface area contributed by atoms with Crippen molar-refractivity contribution < 1.29 is 25.6 Å². The first kappa shape index (κ1) is 16.7. The first-order valence-corrected chi connectivity index (χ1v) is 11.7. The molecule has 1 rings (SSSR count). The Morgan fingerprint density at radius 2 is 1.79 bits per heavy atom. The number of halogens is 1. The van der Waals surface area contributed by atoms with Crippen LogP contribution in [0.1, 0.15) is 27.2 Å². The fraction of sp³-hybridized carbons (Fsp3) is 0.500. The van der Waals surface area contributed by atoms with E-state index >= 15 is 0 Å². The van der Waals surface area contributed by atoms with Crippen molar-refractivity contribution in [1.82, 2.24) is 0 Å². The normalized spacial score (nSPS) is 11.8. The number of hydrogen-bond donors (Lipinski definition) is 0. The molecule has 0 saturated heterocycles. The molecule has 104 valence electrons. The minimum absolute atomic E-state index is 0.148. The van der Waals surface area contributed by atoms with E-state index in [1.54, 1.807) is 0 Å². The van der Waals surface area contributed by atoms with Crippen LogP contribution in [0, 0.1) is 13.4 Å². The quantitative estimate of drug-likeness (QED) is 0.328. The molecule has 0 atom stereocenters. The van der Waals surface area contributed by atoms with E-state index in [9.17, 15) is 0 Å². The fourth-order valence-corrected chi connectivity index (χ4v) is 3.78. The van der Waals surface area contributed by atoms with E-state index in [-0.39, 0.29) is 26.2 Å². The van der Waals surface area contributed by atoms with E-state index in [1.165, 1.54) is 3.57 Å². The molecule has 1 aromatic carbocycles. The Bertz CT molecular complexity index is 437. The molecule has 0 fully saturated rings. The van der Waals surface area contributed by atoms with E-state index in [4.69, 9.17) is 4.43 Å². The highest BCUT2D eigenvalue weighted by molar-refractivity contribution is 6.74. The minimum Gasteiger partial charge on any atom is -0.416 e. The van der Waals surface area contributed by atoms with Gasteiger partial charge in [0.15, 0.2) is 12.2 Å². The standard InChI is InChI=1S/C16H24IOSi/c1-16(2,3)19(4,5)18-14-10-9-13-17-15-11-7-6-8-12-15/h6-8,11-12H,10,14H2,1-5H3/q+1. The lowest BCUT2D eigenvalue weighted by Crippen LogP contribution is -3.59. The molecule has 0 radical (unpaired) electrons. The van der Waals surface area contributed by atoms with Crippen LogP contribution in [0.3, 0.4) is 0 Å². The van der Waals surface area contributed by atoms with Gasteiger partial charge in [0, 0.05) is 13.0 Å². The Morgan fingerprint density at radius 1 is 1.16 bits per heavy atom. The Balaban J connectivity index is 2.29. The second-order valence-electron chi connectivity index (χ2n) is 6.02. The number of rotatable bonds is 4. The molecular weight excluding hydrogens is 363 g/mol. The Morgan fingerprint density at radius 3 is 2.37 bits per heavy atom. The maximum atomic E-state index is 6.09. The maximum Gasteiger partial charge on any atom is 0.419 e. The zero-order chi connectivity index (χ0) is 14.4. The van der Waals surface area contributed by atoms with Crippen molar-refractivity contribution in [2.75, 3.05) is 6.61 Å². The summed E-state index contributed by atoms with van der Waals surface area (Å²) in [6, 6.07) is 10.5. The average molecular weight is 387 g/mol. The Kier molecular flexibility index (Phi) is 6.58. The van der Waals surface area contributed by atoms with Gasteiger partial charge in [-0.05, 0) is 36.2 Å². The van der Waals surface area contributed by atoms with E-state index in [1.807, 2.05) is 6.07 Å². The van der Waals surface area contributed by atoms with E-state index in [2.05, 4.69) is 68.0 Å². The van der Waals surface area contributed by atoms with Gasteiger partial charge in [0.1, 0.15) is 0 Å². The van der Waals surface area contributed by atoms with Gasteiger partial charge in [-0.1, -0.05) is 39.0 Å².